The van der Waals surface area contributed by atoms with Crippen LogP contribution >= 0.6 is 0 Å². The molecular weight excluding hydrogens is 711 g/mol. The molecule has 0 aliphatic heterocycles. The fourth-order valence-electron chi connectivity index (χ4n) is 10.3. The average Bonchev–Trinajstić information content (AvgIpc) is 3.60. The quantitative estimate of drug-likeness (QED) is 0.125. The molecule has 0 N–H and O–H groups in total. The Kier molecular flexibility index (Phi) is 6.79. The zero-order chi connectivity index (χ0) is 38.6. The van der Waals surface area contributed by atoms with E-state index in [4.69, 9.17) is 0 Å². The lowest BCUT2D eigenvalue weighted by molar-refractivity contribution is 1.18. The molecule has 0 saturated carbocycles. The van der Waals surface area contributed by atoms with Gasteiger partial charge in [-0.05, 0) is 152 Å². The van der Waals surface area contributed by atoms with Crippen molar-refractivity contribution in [2.45, 2.75) is 0 Å². The fraction of sp³-hybridized carbons (Fsp3) is 0. The van der Waals surface area contributed by atoms with Gasteiger partial charge in [-0.25, -0.2) is 0 Å². The summed E-state index contributed by atoms with van der Waals surface area (Å²) in [5.41, 5.74) is 8.65. The van der Waals surface area contributed by atoms with Crippen molar-refractivity contribution < 1.29 is 0 Å². The molecule has 0 fully saturated rings. The molecule has 1 heterocycles. The van der Waals surface area contributed by atoms with Gasteiger partial charge in [0, 0.05) is 16.5 Å². The van der Waals surface area contributed by atoms with E-state index in [1.165, 1.54) is 125 Å². The molecule has 12 aromatic carbocycles. The summed E-state index contributed by atoms with van der Waals surface area (Å²) in [6.07, 6.45) is 0. The van der Waals surface area contributed by atoms with E-state index in [2.05, 4.69) is 217 Å². The van der Waals surface area contributed by atoms with Crippen molar-refractivity contribution in [1.82, 2.24) is 4.57 Å². The van der Waals surface area contributed by atoms with Gasteiger partial charge in [0.25, 0.3) is 0 Å². The van der Waals surface area contributed by atoms with Crippen LogP contribution in [0.4, 0.5) is 0 Å². The van der Waals surface area contributed by atoms with Crippen molar-refractivity contribution in [2.75, 3.05) is 0 Å². The molecule has 0 aliphatic carbocycles. The van der Waals surface area contributed by atoms with Gasteiger partial charge < -0.3 is 4.57 Å². The van der Waals surface area contributed by atoms with Gasteiger partial charge in [0.2, 0.25) is 0 Å². The highest BCUT2D eigenvalue weighted by atomic mass is 15.0. The highest BCUT2D eigenvalue weighted by Gasteiger charge is 2.20. The van der Waals surface area contributed by atoms with E-state index in [0.29, 0.717) is 0 Å². The van der Waals surface area contributed by atoms with Crippen LogP contribution in [0.2, 0.25) is 0 Å². The molecule has 1 heteroatoms. The van der Waals surface area contributed by atoms with Gasteiger partial charge in [0.05, 0.1) is 11.0 Å². The van der Waals surface area contributed by atoms with E-state index in [-0.39, 0.29) is 0 Å². The third kappa shape index (κ3) is 4.73. The van der Waals surface area contributed by atoms with Crippen molar-refractivity contribution in [3.05, 3.63) is 212 Å². The normalized spacial score (nSPS) is 12.1. The van der Waals surface area contributed by atoms with Gasteiger partial charge in [-0.3, -0.25) is 0 Å². The Morgan fingerprint density at radius 3 is 1.29 bits per heavy atom. The highest BCUT2D eigenvalue weighted by Crippen LogP contribution is 2.47. The molecule has 59 heavy (non-hydrogen) atoms. The molecule has 0 unspecified atom stereocenters. The maximum Gasteiger partial charge on any atom is 0.0547 e. The van der Waals surface area contributed by atoms with Crippen LogP contribution in [-0.2, 0) is 0 Å². The number of aromatic nitrogens is 1. The van der Waals surface area contributed by atoms with Gasteiger partial charge in [-0.2, -0.15) is 0 Å². The number of hydrogen-bond donors (Lipinski definition) is 0. The molecule has 0 spiro atoms. The molecule has 0 bridgehead atoms. The van der Waals surface area contributed by atoms with Crippen LogP contribution < -0.4 is 0 Å². The van der Waals surface area contributed by atoms with Crippen molar-refractivity contribution >= 4 is 97.2 Å². The van der Waals surface area contributed by atoms with Gasteiger partial charge in [0.15, 0.2) is 0 Å². The van der Waals surface area contributed by atoms with Crippen LogP contribution in [0.15, 0.2) is 212 Å². The third-order valence-corrected chi connectivity index (χ3v) is 12.8. The number of rotatable bonds is 3. The molecule has 1 nitrogen and oxygen atoms in total. The summed E-state index contributed by atoms with van der Waals surface area (Å²) in [6.45, 7) is 0. The lowest BCUT2D eigenvalue weighted by atomic mass is 9.85. The lowest BCUT2D eigenvalue weighted by Gasteiger charge is -2.18. The third-order valence-electron chi connectivity index (χ3n) is 12.8. The van der Waals surface area contributed by atoms with Gasteiger partial charge in [-0.1, -0.05) is 158 Å². The van der Waals surface area contributed by atoms with E-state index in [1.807, 2.05) is 0 Å². The SMILES string of the molecule is c1ccc(-c2c3ccccc3c(-c3ccc4c(c3)c3ccccc3c3cc5c(cc43)c3cc4cc6ccccc6cc4cc3n5-c3ccccc3)c3ccccc23)cc1. The Labute approximate surface area is 340 Å². The Bertz CT molecular complexity index is 3820. The summed E-state index contributed by atoms with van der Waals surface area (Å²) in [5, 5.41) is 20.3. The highest BCUT2D eigenvalue weighted by molar-refractivity contribution is 6.30. The summed E-state index contributed by atoms with van der Waals surface area (Å²) in [4.78, 5) is 0. The van der Waals surface area contributed by atoms with E-state index in [9.17, 15) is 0 Å². The second-order valence-corrected chi connectivity index (χ2v) is 16.0. The first kappa shape index (κ1) is 32.4. The molecule has 0 aliphatic rings. The monoisotopic (exact) mass is 745 g/mol. The predicted molar refractivity (Wildman–Crippen MR) is 254 cm³/mol. The summed E-state index contributed by atoms with van der Waals surface area (Å²) in [6, 6.07) is 78.9. The Morgan fingerprint density at radius 1 is 0.220 bits per heavy atom. The van der Waals surface area contributed by atoms with Gasteiger partial charge >= 0.3 is 0 Å². The second-order valence-electron chi connectivity index (χ2n) is 16.0. The molecule has 272 valence electrons. The van der Waals surface area contributed by atoms with E-state index >= 15 is 0 Å². The van der Waals surface area contributed by atoms with E-state index in [1.54, 1.807) is 0 Å². The van der Waals surface area contributed by atoms with Crippen molar-refractivity contribution in [2.24, 2.45) is 0 Å². The predicted octanol–water partition coefficient (Wildman–Crippen LogP) is 16.2. The Balaban J connectivity index is 1.13. The molecule has 0 radical (unpaired) electrons. The molecule has 13 rings (SSSR count). The topological polar surface area (TPSA) is 4.93 Å². The summed E-state index contributed by atoms with van der Waals surface area (Å²) in [7, 11) is 0. The zero-order valence-electron chi connectivity index (χ0n) is 32.2. The number of benzene rings is 12. The number of nitrogens with zero attached hydrogens (tertiary/aromatic N) is 1. The zero-order valence-corrected chi connectivity index (χ0v) is 32.2. The summed E-state index contributed by atoms with van der Waals surface area (Å²) in [5.74, 6) is 0. The van der Waals surface area contributed by atoms with Gasteiger partial charge in [0.1, 0.15) is 0 Å². The smallest absolute Gasteiger partial charge is 0.0547 e. The number of hydrogen-bond acceptors (Lipinski definition) is 0. The summed E-state index contributed by atoms with van der Waals surface area (Å²) >= 11 is 0. The molecule has 1 aromatic heterocycles. The first-order valence-corrected chi connectivity index (χ1v) is 20.5. The first-order valence-electron chi connectivity index (χ1n) is 20.5. The first-order chi connectivity index (χ1) is 29.3. The van der Waals surface area contributed by atoms with Crippen LogP contribution in [0.25, 0.3) is 125 Å². The number of para-hydroxylation sites is 1. The molecule has 0 amide bonds. The van der Waals surface area contributed by atoms with Crippen molar-refractivity contribution in [1.29, 1.82) is 0 Å². The minimum atomic E-state index is 1.17. The maximum atomic E-state index is 2.48. The van der Waals surface area contributed by atoms with Crippen LogP contribution in [0, 0.1) is 0 Å². The summed E-state index contributed by atoms with van der Waals surface area (Å²) < 4.78 is 2.47. The average molecular weight is 746 g/mol. The minimum absolute atomic E-state index is 1.17. The van der Waals surface area contributed by atoms with Crippen LogP contribution in [-0.4, -0.2) is 4.57 Å². The number of fused-ring (bicyclic) bond motifs is 13. The Morgan fingerprint density at radius 2 is 0.661 bits per heavy atom. The molecule has 0 saturated heterocycles. The molecule has 0 atom stereocenters. The van der Waals surface area contributed by atoms with E-state index < -0.39 is 0 Å². The van der Waals surface area contributed by atoms with E-state index in [0.717, 1.165) is 0 Å². The Hall–Kier alpha value is -7.74. The molecular formula is C58H35N. The maximum absolute atomic E-state index is 2.48. The van der Waals surface area contributed by atoms with Crippen molar-refractivity contribution in [3.8, 4) is 27.9 Å². The standard InChI is InChI=1S/C58H35N/c1-3-15-36(16-4-1)57-46-23-11-13-25-48(46)58(49-26-14-12-24-47(49)57)39-27-28-45-50(31-39)43-21-9-10-22-44(43)52-35-56-54(34-51(45)52)53-32-40-29-37-17-7-8-18-38(37)30-41(40)33-55(53)59(56)42-19-5-2-6-20-42/h1-35H. The minimum Gasteiger partial charge on any atom is -0.309 e. The fourth-order valence-corrected chi connectivity index (χ4v) is 10.3. The largest absolute Gasteiger partial charge is 0.309 e. The van der Waals surface area contributed by atoms with Gasteiger partial charge in [-0.15, -0.1) is 0 Å². The van der Waals surface area contributed by atoms with Crippen LogP contribution in [0.3, 0.4) is 0 Å². The molecule has 13 aromatic rings. The second kappa shape index (κ2) is 12.4. The van der Waals surface area contributed by atoms with Crippen LogP contribution in [0.1, 0.15) is 0 Å². The van der Waals surface area contributed by atoms with Crippen molar-refractivity contribution in [3.63, 3.8) is 0 Å². The van der Waals surface area contributed by atoms with Crippen LogP contribution in [0.5, 0.6) is 0 Å². The lowest BCUT2D eigenvalue weighted by Crippen LogP contribution is -1.94.